The highest BCUT2D eigenvalue weighted by atomic mass is 16.5. The number of carbonyl (C=O) groups excluding carboxylic acids is 2. The third kappa shape index (κ3) is 3.15. The van der Waals surface area contributed by atoms with Crippen molar-refractivity contribution in [1.82, 2.24) is 14.8 Å². The highest BCUT2D eigenvalue weighted by Gasteiger charge is 2.31. The van der Waals surface area contributed by atoms with E-state index in [9.17, 15) is 9.59 Å². The van der Waals surface area contributed by atoms with E-state index in [0.29, 0.717) is 17.3 Å². The van der Waals surface area contributed by atoms with Crippen LogP contribution in [0.25, 0.3) is 0 Å². The standard InChI is InChI=1S/C17H20N4O3/c1-10-8-19-21(11(2)12-4-5-12)15(10)20-16(22)14-7-6-13(9-18-14)17(23)24-3/h6-9,11-12H,4-5H2,1-3H3,(H,20,22). The van der Waals surface area contributed by atoms with Crippen LogP contribution in [0.1, 0.15) is 52.2 Å². The Morgan fingerprint density at radius 3 is 2.67 bits per heavy atom. The molecule has 126 valence electrons. The van der Waals surface area contributed by atoms with Crippen molar-refractivity contribution < 1.29 is 14.3 Å². The van der Waals surface area contributed by atoms with Crippen LogP contribution in [0, 0.1) is 12.8 Å². The number of ether oxygens (including phenoxy) is 1. The van der Waals surface area contributed by atoms with Gasteiger partial charge in [0.15, 0.2) is 0 Å². The maximum absolute atomic E-state index is 12.4. The Hall–Kier alpha value is -2.70. The van der Waals surface area contributed by atoms with E-state index in [1.807, 2.05) is 11.6 Å². The molecule has 24 heavy (non-hydrogen) atoms. The molecular weight excluding hydrogens is 308 g/mol. The highest BCUT2D eigenvalue weighted by molar-refractivity contribution is 6.03. The summed E-state index contributed by atoms with van der Waals surface area (Å²) in [5.41, 5.74) is 1.44. The summed E-state index contributed by atoms with van der Waals surface area (Å²) in [5, 5.41) is 7.28. The third-order valence-corrected chi connectivity index (χ3v) is 4.32. The molecule has 0 saturated heterocycles. The number of hydrogen-bond donors (Lipinski definition) is 1. The van der Waals surface area contributed by atoms with Gasteiger partial charge in [0.25, 0.3) is 5.91 Å². The maximum Gasteiger partial charge on any atom is 0.339 e. The lowest BCUT2D eigenvalue weighted by Crippen LogP contribution is -2.20. The molecule has 0 bridgehead atoms. The van der Waals surface area contributed by atoms with Crippen molar-refractivity contribution in [3.8, 4) is 0 Å². The first-order valence-corrected chi connectivity index (χ1v) is 7.91. The lowest BCUT2D eigenvalue weighted by Gasteiger charge is -2.16. The van der Waals surface area contributed by atoms with Crippen LogP contribution in [0.15, 0.2) is 24.5 Å². The van der Waals surface area contributed by atoms with E-state index in [1.165, 1.54) is 38.3 Å². The number of hydrogen-bond acceptors (Lipinski definition) is 5. The van der Waals surface area contributed by atoms with Crippen LogP contribution in [0.3, 0.4) is 0 Å². The Kier molecular flexibility index (Phi) is 4.33. The molecule has 3 rings (SSSR count). The normalized spacial score (nSPS) is 15.0. The molecule has 1 aliphatic rings. The number of methoxy groups -OCH3 is 1. The number of pyridine rings is 1. The predicted molar refractivity (Wildman–Crippen MR) is 87.9 cm³/mol. The number of aryl methyl sites for hydroxylation is 1. The second kappa shape index (κ2) is 6.43. The van der Waals surface area contributed by atoms with Crippen molar-refractivity contribution in [2.75, 3.05) is 12.4 Å². The zero-order valence-electron chi connectivity index (χ0n) is 13.9. The van der Waals surface area contributed by atoms with Gasteiger partial charge in [-0.25, -0.2) is 9.48 Å². The van der Waals surface area contributed by atoms with E-state index >= 15 is 0 Å². The molecule has 2 aromatic heterocycles. The van der Waals surface area contributed by atoms with Gasteiger partial charge in [-0.15, -0.1) is 0 Å². The number of anilines is 1. The number of nitrogens with one attached hydrogen (secondary N) is 1. The van der Waals surface area contributed by atoms with Crippen molar-refractivity contribution in [2.24, 2.45) is 5.92 Å². The van der Waals surface area contributed by atoms with Crippen molar-refractivity contribution in [3.63, 3.8) is 0 Å². The van der Waals surface area contributed by atoms with Gasteiger partial charge in [0.05, 0.1) is 24.9 Å². The monoisotopic (exact) mass is 328 g/mol. The second-order valence-electron chi connectivity index (χ2n) is 6.08. The highest BCUT2D eigenvalue weighted by Crippen LogP contribution is 2.40. The van der Waals surface area contributed by atoms with E-state index in [4.69, 9.17) is 0 Å². The number of carbonyl (C=O) groups is 2. The van der Waals surface area contributed by atoms with Gasteiger partial charge in [-0.05, 0) is 44.7 Å². The van der Waals surface area contributed by atoms with Crippen molar-refractivity contribution >= 4 is 17.7 Å². The molecule has 0 aromatic carbocycles. The van der Waals surface area contributed by atoms with Crippen molar-refractivity contribution in [3.05, 3.63) is 41.3 Å². The summed E-state index contributed by atoms with van der Waals surface area (Å²) in [6.45, 7) is 4.02. The van der Waals surface area contributed by atoms with Gasteiger partial charge >= 0.3 is 5.97 Å². The molecular formula is C17H20N4O3. The van der Waals surface area contributed by atoms with E-state index in [-0.39, 0.29) is 17.6 Å². The minimum Gasteiger partial charge on any atom is -0.465 e. The quantitative estimate of drug-likeness (QED) is 0.853. The summed E-state index contributed by atoms with van der Waals surface area (Å²) < 4.78 is 6.49. The molecule has 7 nitrogen and oxygen atoms in total. The Labute approximate surface area is 140 Å². The average molecular weight is 328 g/mol. The topological polar surface area (TPSA) is 86.1 Å². The van der Waals surface area contributed by atoms with E-state index in [1.54, 1.807) is 6.20 Å². The molecule has 1 N–H and O–H groups in total. The van der Waals surface area contributed by atoms with Crippen LogP contribution in [0.4, 0.5) is 5.82 Å². The van der Waals surface area contributed by atoms with Gasteiger partial charge in [-0.2, -0.15) is 5.10 Å². The fourth-order valence-electron chi connectivity index (χ4n) is 2.63. The molecule has 0 aliphatic heterocycles. The summed E-state index contributed by atoms with van der Waals surface area (Å²) in [6, 6.07) is 3.27. The summed E-state index contributed by atoms with van der Waals surface area (Å²) >= 11 is 0. The molecule has 1 atom stereocenters. The lowest BCUT2D eigenvalue weighted by molar-refractivity contribution is 0.0600. The Morgan fingerprint density at radius 2 is 2.08 bits per heavy atom. The van der Waals surface area contributed by atoms with Crippen LogP contribution < -0.4 is 5.32 Å². The first kappa shape index (κ1) is 16.2. The first-order valence-electron chi connectivity index (χ1n) is 7.91. The smallest absolute Gasteiger partial charge is 0.339 e. The molecule has 1 unspecified atom stereocenters. The number of esters is 1. The minimum atomic E-state index is -0.485. The number of aromatic nitrogens is 3. The molecule has 1 amide bonds. The van der Waals surface area contributed by atoms with Crippen molar-refractivity contribution in [2.45, 2.75) is 32.7 Å². The summed E-state index contributed by atoms with van der Waals surface area (Å²) in [4.78, 5) is 27.9. The Bertz CT molecular complexity index is 763. The fourth-order valence-corrected chi connectivity index (χ4v) is 2.63. The first-order chi connectivity index (χ1) is 11.5. The van der Waals surface area contributed by atoms with E-state index in [0.717, 1.165) is 5.56 Å². The van der Waals surface area contributed by atoms with E-state index in [2.05, 4.69) is 27.1 Å². The van der Waals surface area contributed by atoms with Crippen LogP contribution in [-0.2, 0) is 4.74 Å². The number of nitrogens with zero attached hydrogens (tertiary/aromatic N) is 3. The van der Waals surface area contributed by atoms with Gasteiger partial charge in [0.2, 0.25) is 0 Å². The Morgan fingerprint density at radius 1 is 1.33 bits per heavy atom. The van der Waals surface area contributed by atoms with Crippen molar-refractivity contribution in [1.29, 1.82) is 0 Å². The number of amides is 1. The largest absolute Gasteiger partial charge is 0.465 e. The zero-order valence-corrected chi connectivity index (χ0v) is 13.9. The van der Waals surface area contributed by atoms with Gasteiger partial charge in [0, 0.05) is 11.8 Å². The van der Waals surface area contributed by atoms with Gasteiger partial charge in [-0.1, -0.05) is 0 Å². The van der Waals surface area contributed by atoms with E-state index < -0.39 is 5.97 Å². The molecule has 1 saturated carbocycles. The van der Waals surface area contributed by atoms with Crippen LogP contribution in [0.5, 0.6) is 0 Å². The fraction of sp³-hybridized carbons (Fsp3) is 0.412. The molecule has 2 aromatic rings. The van der Waals surface area contributed by atoms with Gasteiger partial charge in [0.1, 0.15) is 11.5 Å². The Balaban J connectivity index is 1.77. The molecule has 0 radical (unpaired) electrons. The lowest BCUT2D eigenvalue weighted by atomic mass is 10.2. The van der Waals surface area contributed by atoms with Crippen LogP contribution >= 0.6 is 0 Å². The predicted octanol–water partition coefficient (Wildman–Crippen LogP) is 2.60. The number of rotatable bonds is 5. The molecule has 1 aliphatic carbocycles. The summed E-state index contributed by atoms with van der Waals surface area (Å²) in [7, 11) is 1.30. The summed E-state index contributed by atoms with van der Waals surface area (Å²) in [5.74, 6) is 0.497. The second-order valence-corrected chi connectivity index (χ2v) is 6.08. The maximum atomic E-state index is 12.4. The molecule has 0 spiro atoms. The molecule has 1 fully saturated rings. The van der Waals surface area contributed by atoms with Gasteiger partial charge in [-0.3, -0.25) is 9.78 Å². The third-order valence-electron chi connectivity index (χ3n) is 4.32. The SMILES string of the molecule is COC(=O)c1ccc(C(=O)Nc2c(C)cnn2C(C)C2CC2)nc1. The zero-order chi connectivity index (χ0) is 17.3. The van der Waals surface area contributed by atoms with Crippen LogP contribution in [-0.4, -0.2) is 33.8 Å². The van der Waals surface area contributed by atoms with Crippen LogP contribution in [0.2, 0.25) is 0 Å². The molecule has 7 heteroatoms. The summed E-state index contributed by atoms with van der Waals surface area (Å²) in [6.07, 6.45) is 5.48. The van der Waals surface area contributed by atoms with Gasteiger partial charge < -0.3 is 10.1 Å². The molecule has 2 heterocycles. The minimum absolute atomic E-state index is 0.230. The average Bonchev–Trinajstić information content (AvgIpc) is 3.39.